The van der Waals surface area contributed by atoms with Gasteiger partial charge in [-0.1, -0.05) is 41.9 Å². The van der Waals surface area contributed by atoms with Gasteiger partial charge >= 0.3 is 0 Å². The van der Waals surface area contributed by atoms with Gasteiger partial charge in [0.05, 0.1) is 16.7 Å². The highest BCUT2D eigenvalue weighted by atomic mass is 35.5. The van der Waals surface area contributed by atoms with Gasteiger partial charge in [-0.2, -0.15) is 0 Å². The first-order valence-corrected chi connectivity index (χ1v) is 11.0. The highest BCUT2D eigenvalue weighted by Gasteiger charge is 2.17. The van der Waals surface area contributed by atoms with Crippen molar-refractivity contribution >= 4 is 63.2 Å². The van der Waals surface area contributed by atoms with Crippen LogP contribution in [0.4, 0.5) is 5.69 Å². The predicted octanol–water partition coefficient (Wildman–Crippen LogP) is 4.49. The number of halogens is 2. The van der Waals surface area contributed by atoms with Crippen LogP contribution in [-0.4, -0.2) is 30.8 Å². The summed E-state index contributed by atoms with van der Waals surface area (Å²) in [6.07, 6.45) is 0.764. The number of aryl methyl sites for hydroxylation is 1. The van der Waals surface area contributed by atoms with E-state index in [1.165, 1.54) is 11.8 Å². The Balaban J connectivity index is 1.68. The number of aromatic nitrogens is 4. The maximum atomic E-state index is 12.9. The van der Waals surface area contributed by atoms with Crippen molar-refractivity contribution in [3.05, 3.63) is 62.9 Å². The number of anilines is 1. The summed E-state index contributed by atoms with van der Waals surface area (Å²) in [6, 6.07) is 12.0. The minimum atomic E-state index is -0.187. The third-order valence-corrected chi connectivity index (χ3v) is 5.86. The number of benzene rings is 2. The van der Waals surface area contributed by atoms with Crippen molar-refractivity contribution in [1.29, 1.82) is 0 Å². The van der Waals surface area contributed by atoms with Gasteiger partial charge in [0, 0.05) is 22.3 Å². The molecule has 0 bridgehead atoms. The van der Waals surface area contributed by atoms with E-state index in [0.717, 1.165) is 6.42 Å². The molecule has 1 amide bonds. The molecule has 10 heteroatoms. The fourth-order valence-electron chi connectivity index (χ4n) is 3.14. The summed E-state index contributed by atoms with van der Waals surface area (Å²) >= 11 is 13.2. The molecule has 4 rings (SSSR count). The Morgan fingerprint density at radius 1 is 1.10 bits per heavy atom. The number of hydrogen-bond donors (Lipinski definition) is 1. The number of hydrogen-bond acceptors (Lipinski definition) is 5. The maximum absolute atomic E-state index is 12.9. The van der Waals surface area contributed by atoms with Gasteiger partial charge in [0.2, 0.25) is 11.7 Å². The number of fused-ring (bicyclic) bond motifs is 3. The van der Waals surface area contributed by atoms with Crippen molar-refractivity contribution in [3.63, 3.8) is 0 Å². The lowest BCUT2D eigenvalue weighted by Crippen LogP contribution is -2.23. The van der Waals surface area contributed by atoms with Crippen LogP contribution in [0.25, 0.3) is 16.7 Å². The number of amides is 1. The van der Waals surface area contributed by atoms with Crippen LogP contribution in [0.5, 0.6) is 0 Å². The fraction of sp³-hybridized carbons (Fsp3) is 0.200. The molecule has 0 aliphatic carbocycles. The average Bonchev–Trinajstić information content (AvgIpc) is 3.15. The second-order valence-corrected chi connectivity index (χ2v) is 8.40. The largest absolute Gasteiger partial charge is 0.325 e. The van der Waals surface area contributed by atoms with Crippen LogP contribution in [0.2, 0.25) is 10.0 Å². The summed E-state index contributed by atoms with van der Waals surface area (Å²) < 4.78 is 3.38. The van der Waals surface area contributed by atoms with E-state index in [1.807, 2.05) is 6.92 Å². The molecule has 0 saturated heterocycles. The molecule has 30 heavy (non-hydrogen) atoms. The number of nitrogens with zero attached hydrogens (tertiary/aromatic N) is 4. The highest BCUT2D eigenvalue weighted by molar-refractivity contribution is 7.99. The van der Waals surface area contributed by atoms with Gasteiger partial charge in [-0.3, -0.25) is 18.6 Å². The molecule has 1 N–H and O–H groups in total. The number of nitrogens with one attached hydrogen (secondary N) is 1. The van der Waals surface area contributed by atoms with Gasteiger partial charge in [-0.15, -0.1) is 10.2 Å². The van der Waals surface area contributed by atoms with Crippen LogP contribution in [0, 0.1) is 0 Å². The first-order chi connectivity index (χ1) is 14.5. The van der Waals surface area contributed by atoms with Crippen LogP contribution >= 0.6 is 35.0 Å². The van der Waals surface area contributed by atoms with E-state index in [4.69, 9.17) is 23.2 Å². The smallest absolute Gasteiger partial charge is 0.262 e. The van der Waals surface area contributed by atoms with Gasteiger partial charge in [0.25, 0.3) is 5.56 Å². The molecular weight excluding hydrogens is 445 g/mol. The summed E-state index contributed by atoms with van der Waals surface area (Å²) in [7, 11) is 0. The number of carbonyl (C=O) groups excluding carboxylic acids is 1. The number of thioether (sulfide) groups is 1. The molecule has 2 aromatic carbocycles. The van der Waals surface area contributed by atoms with Crippen molar-refractivity contribution in [2.24, 2.45) is 0 Å². The summed E-state index contributed by atoms with van der Waals surface area (Å²) in [5, 5.41) is 13.3. The molecule has 7 nitrogen and oxygen atoms in total. The van der Waals surface area contributed by atoms with Gasteiger partial charge < -0.3 is 5.32 Å². The van der Waals surface area contributed by atoms with E-state index in [1.54, 1.807) is 51.4 Å². The van der Waals surface area contributed by atoms with Crippen LogP contribution in [0.15, 0.2) is 52.4 Å². The molecule has 0 atom stereocenters. The highest BCUT2D eigenvalue weighted by Crippen LogP contribution is 2.24. The summed E-state index contributed by atoms with van der Waals surface area (Å²) in [5.41, 5.74) is 1.15. The molecular formula is C20H17Cl2N5O2S. The Labute approximate surface area is 186 Å². The van der Waals surface area contributed by atoms with E-state index in [0.29, 0.717) is 44.1 Å². The topological polar surface area (TPSA) is 81.3 Å². The Morgan fingerprint density at radius 2 is 1.83 bits per heavy atom. The summed E-state index contributed by atoms with van der Waals surface area (Å²) in [5.74, 6) is 0.386. The minimum absolute atomic E-state index is 0.130. The van der Waals surface area contributed by atoms with Gasteiger partial charge in [0.1, 0.15) is 0 Å². The standard InChI is InChI=1S/C20H17Cl2N5O2S/c1-2-9-26-18(29)15-10-13(22)5-8-16(15)27-19(26)24-25-20(27)30-11-17(28)23-14-6-3-12(21)4-7-14/h3-8,10H,2,9,11H2,1H3,(H,23,28). The first-order valence-electron chi connectivity index (χ1n) is 9.23. The molecule has 0 fully saturated rings. The molecule has 2 heterocycles. The Hall–Kier alpha value is -2.55. The monoisotopic (exact) mass is 461 g/mol. The lowest BCUT2D eigenvalue weighted by Gasteiger charge is -2.10. The third-order valence-electron chi connectivity index (χ3n) is 4.44. The van der Waals surface area contributed by atoms with E-state index in [9.17, 15) is 9.59 Å². The first kappa shape index (κ1) is 20.7. The lowest BCUT2D eigenvalue weighted by atomic mass is 10.2. The van der Waals surface area contributed by atoms with E-state index in [2.05, 4.69) is 15.5 Å². The Kier molecular flexibility index (Phi) is 5.99. The van der Waals surface area contributed by atoms with Crippen molar-refractivity contribution in [2.45, 2.75) is 25.0 Å². The maximum Gasteiger partial charge on any atom is 0.262 e. The molecule has 0 aliphatic heterocycles. The van der Waals surface area contributed by atoms with Crippen LogP contribution in [-0.2, 0) is 11.3 Å². The average molecular weight is 462 g/mol. The van der Waals surface area contributed by atoms with E-state index < -0.39 is 0 Å². The molecule has 4 aromatic rings. The second-order valence-electron chi connectivity index (χ2n) is 6.58. The predicted molar refractivity (Wildman–Crippen MR) is 121 cm³/mol. The molecule has 0 saturated carbocycles. The number of rotatable bonds is 6. The molecule has 154 valence electrons. The summed E-state index contributed by atoms with van der Waals surface area (Å²) in [6.45, 7) is 2.49. The quantitative estimate of drug-likeness (QED) is 0.427. The van der Waals surface area contributed by atoms with Crippen molar-refractivity contribution < 1.29 is 4.79 Å². The van der Waals surface area contributed by atoms with Gasteiger partial charge in [-0.25, -0.2) is 0 Å². The normalized spacial score (nSPS) is 11.3. The molecule has 0 aliphatic rings. The molecule has 2 aromatic heterocycles. The zero-order valence-electron chi connectivity index (χ0n) is 15.9. The van der Waals surface area contributed by atoms with Crippen LogP contribution in [0.3, 0.4) is 0 Å². The Morgan fingerprint density at radius 3 is 2.57 bits per heavy atom. The molecule has 0 spiro atoms. The van der Waals surface area contributed by atoms with Crippen LogP contribution < -0.4 is 10.9 Å². The van der Waals surface area contributed by atoms with Gasteiger partial charge in [0.15, 0.2) is 5.16 Å². The molecule has 0 unspecified atom stereocenters. The van der Waals surface area contributed by atoms with Crippen molar-refractivity contribution in [2.75, 3.05) is 11.1 Å². The number of carbonyl (C=O) groups is 1. The van der Waals surface area contributed by atoms with Crippen molar-refractivity contribution in [1.82, 2.24) is 19.2 Å². The fourth-order valence-corrected chi connectivity index (χ4v) is 4.18. The second kappa shape index (κ2) is 8.67. The zero-order chi connectivity index (χ0) is 21.3. The van der Waals surface area contributed by atoms with Crippen LogP contribution in [0.1, 0.15) is 13.3 Å². The zero-order valence-corrected chi connectivity index (χ0v) is 18.3. The SMILES string of the molecule is CCCn1c(=O)c2cc(Cl)ccc2n2c(SCC(=O)Nc3ccc(Cl)cc3)nnc12. The lowest BCUT2D eigenvalue weighted by molar-refractivity contribution is -0.113. The summed E-state index contributed by atoms with van der Waals surface area (Å²) in [4.78, 5) is 25.3. The minimum Gasteiger partial charge on any atom is -0.325 e. The molecule has 0 radical (unpaired) electrons. The van der Waals surface area contributed by atoms with E-state index >= 15 is 0 Å². The van der Waals surface area contributed by atoms with Gasteiger partial charge in [-0.05, 0) is 48.9 Å². The van der Waals surface area contributed by atoms with E-state index in [-0.39, 0.29) is 17.2 Å². The third kappa shape index (κ3) is 4.03. The van der Waals surface area contributed by atoms with Crippen molar-refractivity contribution in [3.8, 4) is 0 Å². The Bertz CT molecular complexity index is 1300.